The summed E-state index contributed by atoms with van der Waals surface area (Å²) < 4.78 is 0. The van der Waals surface area contributed by atoms with E-state index >= 15 is 0 Å². The normalized spacial score (nSPS) is 16.5. The van der Waals surface area contributed by atoms with Gasteiger partial charge in [-0.25, -0.2) is 4.98 Å². The van der Waals surface area contributed by atoms with Gasteiger partial charge in [0.2, 0.25) is 5.95 Å². The molecule has 1 aliphatic heterocycles. The van der Waals surface area contributed by atoms with Gasteiger partial charge in [0.05, 0.1) is 11.4 Å². The van der Waals surface area contributed by atoms with Crippen molar-refractivity contribution in [3.05, 3.63) is 38.9 Å². The van der Waals surface area contributed by atoms with Gasteiger partial charge in [-0.2, -0.15) is 10.4 Å². The average molecular weight is 382 g/mol. The summed E-state index contributed by atoms with van der Waals surface area (Å²) in [6.45, 7) is 5.92. The fourth-order valence-electron chi connectivity index (χ4n) is 3.42. The highest BCUT2D eigenvalue weighted by Gasteiger charge is 2.29. The molecule has 9 nitrogen and oxygen atoms in total. The Kier molecular flexibility index (Phi) is 5.61. The zero-order chi connectivity index (χ0) is 20.4. The number of likely N-dealkylation sites (N-methyl/N-ethyl adjacent to an activating group) is 1. The lowest BCUT2D eigenvalue weighted by Gasteiger charge is -2.25. The molecule has 9 heteroatoms. The molecule has 2 aromatic rings. The molecule has 0 bridgehead atoms. The van der Waals surface area contributed by atoms with E-state index in [4.69, 9.17) is 0 Å². The van der Waals surface area contributed by atoms with Gasteiger partial charge in [0.25, 0.3) is 5.56 Å². The van der Waals surface area contributed by atoms with Crippen molar-refractivity contribution in [3.63, 3.8) is 0 Å². The Morgan fingerprint density at radius 3 is 2.75 bits per heavy atom. The van der Waals surface area contributed by atoms with Crippen LogP contribution in [0.2, 0.25) is 0 Å². The van der Waals surface area contributed by atoms with Gasteiger partial charge in [-0.3, -0.25) is 14.7 Å². The Balaban J connectivity index is 1.74. The van der Waals surface area contributed by atoms with Gasteiger partial charge in [0.1, 0.15) is 11.6 Å². The SMILES string of the molecule is Cc1nnc(N2CCC(N(C)Cc3cc(=O)[nH]c(N(C)C)n3)C2)c(C#N)c1C. The summed E-state index contributed by atoms with van der Waals surface area (Å²) in [5.41, 5.74) is 2.84. The fraction of sp³-hybridized carbons (Fsp3) is 0.526. The summed E-state index contributed by atoms with van der Waals surface area (Å²) in [6, 6.07) is 4.10. The van der Waals surface area contributed by atoms with E-state index in [0.29, 0.717) is 23.9 Å². The summed E-state index contributed by atoms with van der Waals surface area (Å²) in [5.74, 6) is 1.21. The number of hydrogen-bond acceptors (Lipinski definition) is 8. The molecule has 0 aliphatic carbocycles. The summed E-state index contributed by atoms with van der Waals surface area (Å²) in [7, 11) is 5.72. The highest BCUT2D eigenvalue weighted by Crippen LogP contribution is 2.26. The molecule has 1 saturated heterocycles. The van der Waals surface area contributed by atoms with Crippen LogP contribution in [0.1, 0.15) is 28.9 Å². The van der Waals surface area contributed by atoms with Crippen molar-refractivity contribution in [2.45, 2.75) is 32.9 Å². The highest BCUT2D eigenvalue weighted by molar-refractivity contribution is 5.58. The van der Waals surface area contributed by atoms with Gasteiger partial charge in [-0.15, -0.1) is 5.10 Å². The van der Waals surface area contributed by atoms with Crippen molar-refractivity contribution < 1.29 is 0 Å². The summed E-state index contributed by atoms with van der Waals surface area (Å²) >= 11 is 0. The quantitative estimate of drug-likeness (QED) is 0.810. The average Bonchev–Trinajstić information content (AvgIpc) is 3.13. The first-order valence-electron chi connectivity index (χ1n) is 9.27. The van der Waals surface area contributed by atoms with Crippen LogP contribution in [0.15, 0.2) is 10.9 Å². The molecule has 1 unspecified atom stereocenters. The van der Waals surface area contributed by atoms with Crippen molar-refractivity contribution in [1.29, 1.82) is 5.26 Å². The van der Waals surface area contributed by atoms with Gasteiger partial charge < -0.3 is 9.80 Å². The first-order chi connectivity index (χ1) is 13.3. The number of aromatic nitrogens is 4. The summed E-state index contributed by atoms with van der Waals surface area (Å²) in [5, 5.41) is 18.0. The van der Waals surface area contributed by atoms with E-state index in [1.807, 2.05) is 35.0 Å². The number of nitrogens with zero attached hydrogens (tertiary/aromatic N) is 7. The maximum atomic E-state index is 11.9. The van der Waals surface area contributed by atoms with Crippen LogP contribution in [-0.4, -0.2) is 65.3 Å². The van der Waals surface area contributed by atoms with Crippen molar-refractivity contribution in [2.75, 3.05) is 44.0 Å². The lowest BCUT2D eigenvalue weighted by atomic mass is 10.1. The molecule has 1 atom stereocenters. The summed E-state index contributed by atoms with van der Waals surface area (Å²) in [4.78, 5) is 25.2. The Morgan fingerprint density at radius 2 is 2.07 bits per heavy atom. The van der Waals surface area contributed by atoms with E-state index in [2.05, 4.69) is 36.0 Å². The van der Waals surface area contributed by atoms with Crippen molar-refractivity contribution in [2.24, 2.45) is 0 Å². The van der Waals surface area contributed by atoms with E-state index < -0.39 is 0 Å². The van der Waals surface area contributed by atoms with Crippen molar-refractivity contribution in [1.82, 2.24) is 25.1 Å². The number of hydrogen-bond donors (Lipinski definition) is 1. The molecule has 1 N–H and O–H groups in total. The molecule has 28 heavy (non-hydrogen) atoms. The van der Waals surface area contributed by atoms with E-state index in [1.165, 1.54) is 0 Å². The van der Waals surface area contributed by atoms with Crippen molar-refractivity contribution >= 4 is 11.8 Å². The van der Waals surface area contributed by atoms with Gasteiger partial charge in [0, 0.05) is 45.8 Å². The molecule has 0 amide bonds. The maximum absolute atomic E-state index is 11.9. The number of H-pyrrole nitrogens is 1. The number of nitrogens with one attached hydrogen (secondary N) is 1. The van der Waals surface area contributed by atoms with Crippen LogP contribution in [0.4, 0.5) is 11.8 Å². The van der Waals surface area contributed by atoms with Gasteiger partial charge in [-0.05, 0) is 32.9 Å². The number of rotatable bonds is 5. The number of aryl methyl sites for hydroxylation is 1. The van der Waals surface area contributed by atoms with Gasteiger partial charge in [-0.1, -0.05) is 0 Å². The van der Waals surface area contributed by atoms with Gasteiger partial charge >= 0.3 is 0 Å². The Labute approximate surface area is 164 Å². The maximum Gasteiger partial charge on any atom is 0.252 e. The largest absolute Gasteiger partial charge is 0.352 e. The molecule has 1 fully saturated rings. The van der Waals surface area contributed by atoms with Crippen LogP contribution < -0.4 is 15.4 Å². The Hall–Kier alpha value is -2.99. The molecule has 0 saturated carbocycles. The zero-order valence-corrected chi connectivity index (χ0v) is 17.0. The second-order valence-electron chi connectivity index (χ2n) is 7.48. The second-order valence-corrected chi connectivity index (χ2v) is 7.48. The predicted molar refractivity (Wildman–Crippen MR) is 107 cm³/mol. The highest BCUT2D eigenvalue weighted by atomic mass is 16.1. The lowest BCUT2D eigenvalue weighted by Crippen LogP contribution is -2.35. The molecule has 3 heterocycles. The van der Waals surface area contributed by atoms with Crippen LogP contribution >= 0.6 is 0 Å². The third-order valence-corrected chi connectivity index (χ3v) is 5.25. The second kappa shape index (κ2) is 7.94. The number of nitriles is 1. The van der Waals surface area contributed by atoms with Gasteiger partial charge in [0.15, 0.2) is 5.82 Å². The fourth-order valence-corrected chi connectivity index (χ4v) is 3.42. The molecule has 3 rings (SSSR count). The van der Waals surface area contributed by atoms with Crippen LogP contribution in [0.3, 0.4) is 0 Å². The lowest BCUT2D eigenvalue weighted by molar-refractivity contribution is 0.247. The summed E-state index contributed by atoms with van der Waals surface area (Å²) in [6.07, 6.45) is 0.944. The van der Waals surface area contributed by atoms with Crippen molar-refractivity contribution in [3.8, 4) is 6.07 Å². The third-order valence-electron chi connectivity index (χ3n) is 5.25. The van der Waals surface area contributed by atoms with E-state index in [-0.39, 0.29) is 11.6 Å². The number of aromatic amines is 1. The molecule has 148 valence electrons. The van der Waals surface area contributed by atoms with Crippen LogP contribution in [0, 0.1) is 25.2 Å². The third kappa shape index (κ3) is 3.97. The predicted octanol–water partition coefficient (Wildman–Crippen LogP) is 0.825. The minimum atomic E-state index is -0.154. The standard InChI is InChI=1S/C19H26N8O/c1-12-13(2)23-24-18(16(12)9-20)27-7-6-15(11-27)26(5)10-14-8-17(28)22-19(21-14)25(3)4/h8,15H,6-7,10-11H2,1-5H3,(H,21,22,28). The minimum Gasteiger partial charge on any atom is -0.352 e. The monoisotopic (exact) mass is 382 g/mol. The smallest absolute Gasteiger partial charge is 0.252 e. The molecule has 0 radical (unpaired) electrons. The topological polar surface area (TPSA) is 105 Å². The molecule has 0 aromatic carbocycles. The zero-order valence-electron chi connectivity index (χ0n) is 17.0. The molecule has 1 aliphatic rings. The van der Waals surface area contributed by atoms with Crippen LogP contribution in [-0.2, 0) is 6.54 Å². The molecular formula is C19H26N8O. The Morgan fingerprint density at radius 1 is 1.32 bits per heavy atom. The van der Waals surface area contributed by atoms with E-state index in [0.717, 1.165) is 36.5 Å². The first kappa shape index (κ1) is 19.8. The molecular weight excluding hydrogens is 356 g/mol. The van der Waals surface area contributed by atoms with E-state index in [9.17, 15) is 10.1 Å². The Bertz CT molecular complexity index is 961. The first-order valence-corrected chi connectivity index (χ1v) is 9.27. The molecule has 2 aromatic heterocycles. The van der Waals surface area contributed by atoms with Crippen LogP contribution in [0.25, 0.3) is 0 Å². The van der Waals surface area contributed by atoms with Crippen LogP contribution in [0.5, 0.6) is 0 Å². The number of anilines is 2. The van der Waals surface area contributed by atoms with E-state index in [1.54, 1.807) is 11.0 Å². The minimum absolute atomic E-state index is 0.154. The molecule has 0 spiro atoms.